The molecule has 1 saturated heterocycles. The van der Waals surface area contributed by atoms with Gasteiger partial charge in [0.05, 0.1) is 17.5 Å². The van der Waals surface area contributed by atoms with Crippen LogP contribution in [0.1, 0.15) is 11.6 Å². The van der Waals surface area contributed by atoms with Gasteiger partial charge in [-0.25, -0.2) is 0 Å². The van der Waals surface area contributed by atoms with Crippen LogP contribution in [0.3, 0.4) is 0 Å². The number of piperazine rings is 1. The van der Waals surface area contributed by atoms with Gasteiger partial charge in [0.25, 0.3) is 5.69 Å². The van der Waals surface area contributed by atoms with Crippen molar-refractivity contribution in [3.63, 3.8) is 0 Å². The molecule has 0 aliphatic carbocycles. The number of anilines is 1. The molecule has 8 heteroatoms. The first-order valence-electron chi connectivity index (χ1n) is 8.30. The Morgan fingerprint density at radius 3 is 2.77 bits per heavy atom. The van der Waals surface area contributed by atoms with Crippen LogP contribution in [-0.2, 0) is 4.79 Å². The summed E-state index contributed by atoms with van der Waals surface area (Å²) in [6.07, 6.45) is 0. The third-order valence-electron chi connectivity index (χ3n) is 4.36. The van der Waals surface area contributed by atoms with Crippen molar-refractivity contribution in [3.05, 3.63) is 69.2 Å². The van der Waals surface area contributed by atoms with Crippen molar-refractivity contribution in [1.82, 2.24) is 10.2 Å². The van der Waals surface area contributed by atoms with Crippen molar-refractivity contribution in [3.8, 4) is 0 Å². The molecule has 1 unspecified atom stereocenters. The monoisotopic (exact) mass is 374 g/mol. The van der Waals surface area contributed by atoms with Crippen LogP contribution in [0.2, 0.25) is 5.02 Å². The number of nitro benzene ring substituents is 1. The van der Waals surface area contributed by atoms with E-state index in [1.54, 1.807) is 29.2 Å². The molecule has 1 aliphatic heterocycles. The largest absolute Gasteiger partial charge is 0.371 e. The highest BCUT2D eigenvalue weighted by Crippen LogP contribution is 2.29. The summed E-state index contributed by atoms with van der Waals surface area (Å²) in [5, 5.41) is 17.9. The van der Waals surface area contributed by atoms with E-state index in [1.807, 2.05) is 18.2 Å². The van der Waals surface area contributed by atoms with Gasteiger partial charge in [-0.2, -0.15) is 0 Å². The lowest BCUT2D eigenvalue weighted by molar-refractivity contribution is -0.383. The zero-order valence-corrected chi connectivity index (χ0v) is 14.8. The van der Waals surface area contributed by atoms with E-state index in [2.05, 4.69) is 10.6 Å². The van der Waals surface area contributed by atoms with E-state index in [1.165, 1.54) is 6.07 Å². The van der Waals surface area contributed by atoms with E-state index in [4.69, 9.17) is 11.6 Å². The fraction of sp³-hybridized carbons (Fsp3) is 0.278. The topological polar surface area (TPSA) is 87.5 Å². The van der Waals surface area contributed by atoms with Gasteiger partial charge < -0.3 is 15.5 Å². The van der Waals surface area contributed by atoms with E-state index in [0.717, 1.165) is 5.56 Å². The molecule has 0 saturated carbocycles. The number of hydrogen-bond donors (Lipinski definition) is 2. The van der Waals surface area contributed by atoms with Gasteiger partial charge >= 0.3 is 0 Å². The minimum Gasteiger partial charge on any atom is -0.371 e. The summed E-state index contributed by atoms with van der Waals surface area (Å²) in [5.41, 5.74) is 1.17. The summed E-state index contributed by atoms with van der Waals surface area (Å²) in [5.74, 6) is -0.130. The van der Waals surface area contributed by atoms with Gasteiger partial charge in [0.15, 0.2) is 0 Å². The second kappa shape index (κ2) is 8.16. The maximum absolute atomic E-state index is 12.8. The van der Waals surface area contributed by atoms with Gasteiger partial charge in [0.2, 0.25) is 5.91 Å². The van der Waals surface area contributed by atoms with Gasteiger partial charge in [-0.1, -0.05) is 41.9 Å². The number of nitrogens with zero attached hydrogens (tertiary/aromatic N) is 2. The molecule has 2 N–H and O–H groups in total. The lowest BCUT2D eigenvalue weighted by atomic mass is 10.0. The van der Waals surface area contributed by atoms with Gasteiger partial charge in [0, 0.05) is 30.7 Å². The molecule has 3 rings (SSSR count). The Morgan fingerprint density at radius 1 is 1.27 bits per heavy atom. The van der Waals surface area contributed by atoms with Crippen molar-refractivity contribution in [2.45, 2.75) is 6.04 Å². The Labute approximate surface area is 156 Å². The molecule has 136 valence electrons. The summed E-state index contributed by atoms with van der Waals surface area (Å²) in [7, 11) is 0. The van der Waals surface area contributed by atoms with Crippen molar-refractivity contribution in [2.75, 3.05) is 31.5 Å². The number of carbonyl (C=O) groups excluding carboxylic acids is 1. The van der Waals surface area contributed by atoms with Crippen molar-refractivity contribution in [1.29, 1.82) is 0 Å². The molecule has 0 radical (unpaired) electrons. The first-order chi connectivity index (χ1) is 12.6. The average Bonchev–Trinajstić information content (AvgIpc) is 2.66. The average molecular weight is 375 g/mol. The number of carbonyl (C=O) groups is 1. The molecule has 1 amide bonds. The number of benzene rings is 2. The zero-order valence-electron chi connectivity index (χ0n) is 14.0. The molecule has 26 heavy (non-hydrogen) atoms. The summed E-state index contributed by atoms with van der Waals surface area (Å²) in [6, 6.07) is 13.6. The van der Waals surface area contributed by atoms with Crippen LogP contribution in [0.25, 0.3) is 0 Å². The van der Waals surface area contributed by atoms with E-state index in [9.17, 15) is 14.9 Å². The van der Waals surface area contributed by atoms with Gasteiger partial charge in [-0.05, 0) is 17.7 Å². The molecule has 2 aromatic rings. The molecule has 0 spiro atoms. The predicted octanol–water partition coefficient (Wildman–Crippen LogP) is 2.83. The maximum atomic E-state index is 12.8. The molecule has 1 fully saturated rings. The fourth-order valence-corrected chi connectivity index (χ4v) is 3.34. The Bertz CT molecular complexity index is 815. The third-order valence-corrected chi connectivity index (χ3v) is 4.70. The van der Waals surface area contributed by atoms with Crippen molar-refractivity contribution in [2.24, 2.45) is 0 Å². The lowest BCUT2D eigenvalue weighted by Crippen LogP contribution is -2.50. The molecule has 0 aromatic heterocycles. The second-order valence-electron chi connectivity index (χ2n) is 5.96. The highest BCUT2D eigenvalue weighted by Gasteiger charge is 2.29. The van der Waals surface area contributed by atoms with E-state index >= 15 is 0 Å². The number of rotatable bonds is 5. The first-order valence-corrected chi connectivity index (χ1v) is 8.67. The van der Waals surface area contributed by atoms with Crippen LogP contribution >= 0.6 is 11.6 Å². The number of nitrogens with one attached hydrogen (secondary N) is 2. The Hall–Kier alpha value is -2.64. The van der Waals surface area contributed by atoms with Crippen LogP contribution in [0, 0.1) is 10.1 Å². The standard InChI is InChI=1S/C18H19ClN4O3/c19-14-6-2-1-5-13(14)17-11-20-9-10-22(17)18(24)12-21-15-7-3-4-8-16(15)23(25)26/h1-8,17,20-21H,9-12H2. The van der Waals surface area contributed by atoms with Crippen LogP contribution in [0.5, 0.6) is 0 Å². The number of amides is 1. The highest BCUT2D eigenvalue weighted by atomic mass is 35.5. The van der Waals surface area contributed by atoms with Crippen molar-refractivity contribution < 1.29 is 9.72 Å². The van der Waals surface area contributed by atoms with Gasteiger partial charge in [-0.3, -0.25) is 14.9 Å². The SMILES string of the molecule is O=C(CNc1ccccc1[N+](=O)[O-])N1CCNCC1c1ccccc1Cl. The summed E-state index contributed by atoms with van der Waals surface area (Å²) < 4.78 is 0. The van der Waals surface area contributed by atoms with Crippen LogP contribution < -0.4 is 10.6 Å². The van der Waals surface area contributed by atoms with Crippen LogP contribution in [-0.4, -0.2) is 41.9 Å². The van der Waals surface area contributed by atoms with E-state index in [-0.39, 0.29) is 24.2 Å². The highest BCUT2D eigenvalue weighted by molar-refractivity contribution is 6.31. The molecule has 1 atom stereocenters. The normalized spacial score (nSPS) is 17.0. The Kier molecular flexibility index (Phi) is 5.70. The third kappa shape index (κ3) is 3.95. The first kappa shape index (κ1) is 18.2. The minimum atomic E-state index is -0.468. The summed E-state index contributed by atoms with van der Waals surface area (Å²) >= 11 is 6.30. The molecule has 0 bridgehead atoms. The molecule has 2 aromatic carbocycles. The number of para-hydroxylation sites is 2. The zero-order chi connectivity index (χ0) is 18.5. The summed E-state index contributed by atoms with van der Waals surface area (Å²) in [6.45, 7) is 1.83. The molecule has 1 heterocycles. The summed E-state index contributed by atoms with van der Waals surface area (Å²) in [4.78, 5) is 25.2. The Balaban J connectivity index is 1.74. The molecule has 1 aliphatic rings. The minimum absolute atomic E-state index is 0.0220. The quantitative estimate of drug-likeness (QED) is 0.620. The van der Waals surface area contributed by atoms with E-state index in [0.29, 0.717) is 30.3 Å². The van der Waals surface area contributed by atoms with Gasteiger partial charge in [-0.15, -0.1) is 0 Å². The second-order valence-corrected chi connectivity index (χ2v) is 6.36. The van der Waals surface area contributed by atoms with Crippen molar-refractivity contribution >= 4 is 28.9 Å². The van der Waals surface area contributed by atoms with Crippen LogP contribution in [0.4, 0.5) is 11.4 Å². The maximum Gasteiger partial charge on any atom is 0.292 e. The molecular formula is C18H19ClN4O3. The predicted molar refractivity (Wildman–Crippen MR) is 100 cm³/mol. The fourth-order valence-electron chi connectivity index (χ4n) is 3.08. The Morgan fingerprint density at radius 2 is 2.00 bits per heavy atom. The number of nitro groups is 1. The molecular weight excluding hydrogens is 356 g/mol. The lowest BCUT2D eigenvalue weighted by Gasteiger charge is -2.37. The molecule has 7 nitrogen and oxygen atoms in total. The van der Waals surface area contributed by atoms with Crippen LogP contribution in [0.15, 0.2) is 48.5 Å². The van der Waals surface area contributed by atoms with Gasteiger partial charge in [0.1, 0.15) is 5.69 Å². The number of halogens is 1. The van der Waals surface area contributed by atoms with E-state index < -0.39 is 4.92 Å². The smallest absolute Gasteiger partial charge is 0.292 e. The number of hydrogen-bond acceptors (Lipinski definition) is 5.